The highest BCUT2D eigenvalue weighted by molar-refractivity contribution is 4.58. The Bertz CT molecular complexity index is 145. The van der Waals surface area contributed by atoms with E-state index in [9.17, 15) is 5.11 Å². The summed E-state index contributed by atoms with van der Waals surface area (Å²) < 4.78 is 5.33. The van der Waals surface area contributed by atoms with E-state index >= 15 is 0 Å². The van der Waals surface area contributed by atoms with Crippen LogP contribution >= 0.6 is 0 Å². The topological polar surface area (TPSA) is 61.7 Å². The summed E-state index contributed by atoms with van der Waals surface area (Å²) in [5, 5.41) is 21.4. The molecule has 104 valence electrons. The second-order valence-corrected chi connectivity index (χ2v) is 4.42. The fraction of sp³-hybridized carbons (Fsp3) is 1.00. The third-order valence-electron chi connectivity index (χ3n) is 2.59. The lowest BCUT2D eigenvalue weighted by Gasteiger charge is -2.12. The fourth-order valence-electron chi connectivity index (χ4n) is 1.51. The number of aliphatic hydroxyl groups excluding tert-OH is 2. The molecule has 0 spiro atoms. The van der Waals surface area contributed by atoms with Crippen LogP contribution in [0.5, 0.6) is 0 Å². The molecule has 4 nitrogen and oxygen atoms in total. The van der Waals surface area contributed by atoms with Gasteiger partial charge in [-0.15, -0.1) is 0 Å². The van der Waals surface area contributed by atoms with Gasteiger partial charge in [-0.3, -0.25) is 0 Å². The van der Waals surface area contributed by atoms with Gasteiger partial charge in [0.2, 0.25) is 0 Å². The summed E-state index contributed by atoms with van der Waals surface area (Å²) in [5.74, 6) is 0. The summed E-state index contributed by atoms with van der Waals surface area (Å²) >= 11 is 0. The van der Waals surface area contributed by atoms with Gasteiger partial charge in [-0.25, -0.2) is 0 Å². The molecule has 0 aromatic heterocycles. The molecule has 0 aliphatic carbocycles. The van der Waals surface area contributed by atoms with Gasteiger partial charge in [0.15, 0.2) is 0 Å². The first-order valence-electron chi connectivity index (χ1n) is 6.88. The van der Waals surface area contributed by atoms with Gasteiger partial charge in [-0.1, -0.05) is 26.2 Å². The van der Waals surface area contributed by atoms with Crippen LogP contribution in [0.3, 0.4) is 0 Å². The summed E-state index contributed by atoms with van der Waals surface area (Å²) in [6, 6.07) is 0. The number of ether oxygens (including phenoxy) is 1. The summed E-state index contributed by atoms with van der Waals surface area (Å²) in [7, 11) is 0. The Balaban J connectivity index is 3.08. The van der Waals surface area contributed by atoms with Crippen molar-refractivity contribution in [3.8, 4) is 0 Å². The Hall–Kier alpha value is -0.160. The molecule has 0 rings (SSSR count). The van der Waals surface area contributed by atoms with Crippen molar-refractivity contribution in [2.45, 2.75) is 51.6 Å². The van der Waals surface area contributed by atoms with Crippen LogP contribution in [0.25, 0.3) is 0 Å². The average Bonchev–Trinajstić information content (AvgIpc) is 2.33. The lowest BCUT2D eigenvalue weighted by molar-refractivity contribution is 0.0360. The monoisotopic (exact) mass is 247 g/mol. The minimum Gasteiger partial charge on any atom is -0.396 e. The van der Waals surface area contributed by atoms with Gasteiger partial charge in [0.05, 0.1) is 12.7 Å². The molecular weight excluding hydrogens is 218 g/mol. The van der Waals surface area contributed by atoms with Crippen LogP contribution in [-0.2, 0) is 4.74 Å². The second kappa shape index (κ2) is 13.9. The van der Waals surface area contributed by atoms with Gasteiger partial charge < -0.3 is 20.3 Å². The first kappa shape index (κ1) is 16.8. The second-order valence-electron chi connectivity index (χ2n) is 4.42. The summed E-state index contributed by atoms with van der Waals surface area (Å²) in [6.45, 7) is 5.12. The molecule has 0 aliphatic heterocycles. The lowest BCUT2D eigenvalue weighted by Crippen LogP contribution is -2.31. The third kappa shape index (κ3) is 13.8. The van der Waals surface area contributed by atoms with Gasteiger partial charge in [0.25, 0.3) is 0 Å². The highest BCUT2D eigenvalue weighted by Crippen LogP contribution is 1.97. The van der Waals surface area contributed by atoms with Gasteiger partial charge in [-0.2, -0.15) is 0 Å². The van der Waals surface area contributed by atoms with E-state index in [-0.39, 0.29) is 0 Å². The quantitative estimate of drug-likeness (QED) is 0.429. The van der Waals surface area contributed by atoms with Crippen LogP contribution < -0.4 is 5.32 Å². The van der Waals surface area contributed by atoms with Gasteiger partial charge in [0, 0.05) is 19.8 Å². The van der Waals surface area contributed by atoms with Crippen molar-refractivity contribution < 1.29 is 14.9 Å². The Morgan fingerprint density at radius 2 is 1.88 bits per heavy atom. The van der Waals surface area contributed by atoms with E-state index in [1.807, 2.05) is 0 Å². The molecule has 17 heavy (non-hydrogen) atoms. The van der Waals surface area contributed by atoms with Crippen molar-refractivity contribution in [2.75, 3.05) is 32.9 Å². The van der Waals surface area contributed by atoms with Gasteiger partial charge in [0.1, 0.15) is 0 Å². The Kier molecular flexibility index (Phi) is 13.8. The molecule has 0 aromatic carbocycles. The van der Waals surface area contributed by atoms with Crippen LogP contribution in [0.15, 0.2) is 0 Å². The van der Waals surface area contributed by atoms with Crippen LogP contribution in [0.1, 0.15) is 45.4 Å². The summed E-state index contributed by atoms with van der Waals surface area (Å²) in [6.07, 6.45) is 6.01. The van der Waals surface area contributed by atoms with Crippen molar-refractivity contribution in [3.05, 3.63) is 0 Å². The standard InChI is InChI=1S/C13H29NO3/c1-2-3-10-17-12-13(16)11-14-8-6-4-5-7-9-15/h13-16H,2-12H2,1H3. The molecule has 0 radical (unpaired) electrons. The molecular formula is C13H29NO3. The largest absolute Gasteiger partial charge is 0.396 e. The molecule has 1 unspecified atom stereocenters. The first-order valence-corrected chi connectivity index (χ1v) is 6.88. The molecule has 0 bridgehead atoms. The highest BCUT2D eigenvalue weighted by Gasteiger charge is 2.02. The molecule has 0 amide bonds. The molecule has 0 aromatic rings. The SMILES string of the molecule is CCCCOCC(O)CNCCCCCCO. The predicted octanol–water partition coefficient (Wildman–Crippen LogP) is 1.31. The molecule has 1 atom stereocenters. The number of unbranched alkanes of at least 4 members (excludes halogenated alkanes) is 4. The average molecular weight is 247 g/mol. The van der Waals surface area contributed by atoms with E-state index in [2.05, 4.69) is 12.2 Å². The van der Waals surface area contributed by atoms with Crippen molar-refractivity contribution in [1.82, 2.24) is 5.32 Å². The van der Waals surface area contributed by atoms with E-state index < -0.39 is 6.10 Å². The first-order chi connectivity index (χ1) is 8.31. The minimum absolute atomic E-state index is 0.293. The van der Waals surface area contributed by atoms with E-state index in [1.54, 1.807) is 0 Å². The van der Waals surface area contributed by atoms with Gasteiger partial charge >= 0.3 is 0 Å². The summed E-state index contributed by atoms with van der Waals surface area (Å²) in [4.78, 5) is 0. The molecule has 0 saturated carbocycles. The normalized spacial score (nSPS) is 12.9. The lowest BCUT2D eigenvalue weighted by atomic mass is 10.2. The minimum atomic E-state index is -0.399. The van der Waals surface area contributed by atoms with Crippen molar-refractivity contribution >= 4 is 0 Å². The Morgan fingerprint density at radius 3 is 2.59 bits per heavy atom. The third-order valence-corrected chi connectivity index (χ3v) is 2.59. The zero-order valence-corrected chi connectivity index (χ0v) is 11.2. The molecule has 4 heteroatoms. The molecule has 0 aliphatic rings. The smallest absolute Gasteiger partial charge is 0.0897 e. The fourth-order valence-corrected chi connectivity index (χ4v) is 1.51. The van der Waals surface area contributed by atoms with E-state index in [0.717, 1.165) is 51.7 Å². The number of nitrogens with one attached hydrogen (secondary N) is 1. The van der Waals surface area contributed by atoms with Gasteiger partial charge in [-0.05, 0) is 25.8 Å². The maximum atomic E-state index is 9.57. The zero-order valence-electron chi connectivity index (χ0n) is 11.2. The van der Waals surface area contributed by atoms with Crippen molar-refractivity contribution in [2.24, 2.45) is 0 Å². The van der Waals surface area contributed by atoms with Crippen molar-refractivity contribution in [1.29, 1.82) is 0 Å². The van der Waals surface area contributed by atoms with E-state index in [4.69, 9.17) is 9.84 Å². The van der Waals surface area contributed by atoms with Crippen molar-refractivity contribution in [3.63, 3.8) is 0 Å². The van der Waals surface area contributed by atoms with Crippen LogP contribution in [0, 0.1) is 0 Å². The Morgan fingerprint density at radius 1 is 1.12 bits per heavy atom. The Labute approximate surface area is 105 Å². The van der Waals surface area contributed by atoms with Crippen LogP contribution in [0.4, 0.5) is 0 Å². The van der Waals surface area contributed by atoms with E-state index in [0.29, 0.717) is 19.8 Å². The van der Waals surface area contributed by atoms with Crippen LogP contribution in [-0.4, -0.2) is 49.2 Å². The number of hydrogen-bond donors (Lipinski definition) is 3. The maximum absolute atomic E-state index is 9.57. The summed E-state index contributed by atoms with van der Waals surface area (Å²) in [5.41, 5.74) is 0. The molecule has 0 saturated heterocycles. The zero-order chi connectivity index (χ0) is 12.8. The van der Waals surface area contributed by atoms with Crippen LogP contribution in [0.2, 0.25) is 0 Å². The number of rotatable bonds is 13. The maximum Gasteiger partial charge on any atom is 0.0897 e. The number of hydrogen-bond acceptors (Lipinski definition) is 4. The van der Waals surface area contributed by atoms with E-state index in [1.165, 1.54) is 0 Å². The predicted molar refractivity (Wildman–Crippen MR) is 70.2 cm³/mol. The molecule has 0 heterocycles. The molecule has 3 N–H and O–H groups in total. The highest BCUT2D eigenvalue weighted by atomic mass is 16.5. The number of aliphatic hydroxyl groups is 2. The molecule has 0 fully saturated rings.